The molecule has 27 heavy (non-hydrogen) atoms. The molecule has 0 saturated carbocycles. The minimum atomic E-state index is 0.345. The van der Waals surface area contributed by atoms with E-state index in [4.69, 9.17) is 0 Å². The summed E-state index contributed by atoms with van der Waals surface area (Å²) in [5.74, 6) is 1.56. The molecule has 0 unspecified atom stereocenters. The fourth-order valence-corrected chi connectivity index (χ4v) is 5.15. The van der Waals surface area contributed by atoms with E-state index < -0.39 is 0 Å². The van der Waals surface area contributed by atoms with E-state index >= 15 is 0 Å². The molecule has 0 fully saturated rings. The van der Waals surface area contributed by atoms with E-state index in [9.17, 15) is 5.11 Å². The summed E-state index contributed by atoms with van der Waals surface area (Å²) < 4.78 is 0. The maximum absolute atomic E-state index is 9.26. The lowest BCUT2D eigenvalue weighted by Gasteiger charge is -2.02. The molecule has 0 aliphatic carbocycles. The van der Waals surface area contributed by atoms with Crippen molar-refractivity contribution in [1.29, 1.82) is 0 Å². The summed E-state index contributed by atoms with van der Waals surface area (Å²) in [5, 5.41) is 9.26. The highest BCUT2D eigenvalue weighted by molar-refractivity contribution is 8.76. The van der Waals surface area contributed by atoms with E-state index in [0.717, 1.165) is 0 Å². The van der Waals surface area contributed by atoms with E-state index in [1.165, 1.54) is 101 Å². The first-order valence-corrected chi connectivity index (χ1v) is 13.4. The van der Waals surface area contributed by atoms with E-state index in [2.05, 4.69) is 19.1 Å². The Kier molecular flexibility index (Phi) is 17.1. The van der Waals surface area contributed by atoms with Crippen LogP contribution in [-0.4, -0.2) is 10.9 Å². The fraction of sp³-hybridized carbons (Fsp3) is 0.667. The summed E-state index contributed by atoms with van der Waals surface area (Å²) in [6.45, 7) is 2.28. The molecular weight excluding hydrogens is 368 g/mol. The van der Waals surface area contributed by atoms with Gasteiger partial charge in [0.05, 0.1) is 0 Å². The first-order chi connectivity index (χ1) is 13.3. The number of rotatable bonds is 18. The molecule has 0 aliphatic rings. The van der Waals surface area contributed by atoms with Gasteiger partial charge in [-0.1, -0.05) is 98.5 Å². The Hall–Kier alpha value is -0.540. The van der Waals surface area contributed by atoms with Crippen LogP contribution in [0.5, 0.6) is 5.75 Å². The molecule has 0 bridgehead atoms. The van der Waals surface area contributed by atoms with Gasteiger partial charge in [0.2, 0.25) is 0 Å². The number of phenols is 1. The molecule has 0 aromatic heterocycles. The average Bonchev–Trinajstić information content (AvgIpc) is 2.68. The van der Waals surface area contributed by atoms with Crippen molar-refractivity contribution >= 4 is 21.6 Å². The molecule has 154 valence electrons. The maximum Gasteiger partial charge on any atom is 0.115 e. The lowest BCUT2D eigenvalue weighted by Crippen LogP contribution is -1.82. The second-order valence-corrected chi connectivity index (χ2v) is 9.83. The van der Waals surface area contributed by atoms with Crippen LogP contribution in [0, 0.1) is 0 Å². The summed E-state index contributed by atoms with van der Waals surface area (Å²) in [5.41, 5.74) is 0. The molecular formula is C24H40OS2. The highest BCUT2D eigenvalue weighted by Crippen LogP contribution is 2.32. The highest BCUT2D eigenvalue weighted by atomic mass is 33.1. The molecule has 1 N–H and O–H groups in total. The van der Waals surface area contributed by atoms with Gasteiger partial charge in [-0.2, -0.15) is 0 Å². The monoisotopic (exact) mass is 408 g/mol. The topological polar surface area (TPSA) is 20.2 Å². The lowest BCUT2D eigenvalue weighted by molar-refractivity contribution is 0.475. The number of unbranched alkanes of at least 4 members (excludes halogenated alkanes) is 12. The Labute approximate surface area is 176 Å². The molecule has 0 saturated heterocycles. The van der Waals surface area contributed by atoms with Crippen LogP contribution in [0.1, 0.15) is 96.8 Å². The van der Waals surface area contributed by atoms with Crippen molar-refractivity contribution < 1.29 is 5.11 Å². The van der Waals surface area contributed by atoms with Crippen molar-refractivity contribution in [2.45, 2.75) is 102 Å². The molecule has 1 aromatic rings. The van der Waals surface area contributed by atoms with Crippen LogP contribution in [-0.2, 0) is 0 Å². The summed E-state index contributed by atoms with van der Waals surface area (Å²) in [6.07, 6.45) is 24.0. The first kappa shape index (κ1) is 24.5. The van der Waals surface area contributed by atoms with Crippen molar-refractivity contribution in [2.75, 3.05) is 5.75 Å². The molecule has 0 radical (unpaired) electrons. The molecule has 1 aromatic carbocycles. The van der Waals surface area contributed by atoms with E-state index in [0.29, 0.717) is 5.75 Å². The van der Waals surface area contributed by atoms with Gasteiger partial charge in [0.1, 0.15) is 5.75 Å². The van der Waals surface area contributed by atoms with Crippen LogP contribution >= 0.6 is 21.6 Å². The molecule has 0 heterocycles. The van der Waals surface area contributed by atoms with Crippen molar-refractivity contribution in [3.63, 3.8) is 0 Å². The zero-order valence-corrected chi connectivity index (χ0v) is 19.0. The van der Waals surface area contributed by atoms with Crippen LogP contribution in [0.15, 0.2) is 41.3 Å². The highest BCUT2D eigenvalue weighted by Gasteiger charge is 1.96. The maximum atomic E-state index is 9.26. The van der Waals surface area contributed by atoms with Gasteiger partial charge >= 0.3 is 0 Å². The predicted octanol–water partition coefficient (Wildman–Crippen LogP) is 9.17. The Morgan fingerprint density at radius 3 is 1.81 bits per heavy atom. The Balaban J connectivity index is 1.76. The van der Waals surface area contributed by atoms with Crippen LogP contribution in [0.2, 0.25) is 0 Å². The standard InChI is InChI=1S/C24H40OS2/c1-2-3-4-5-6-7-8-9-10-11-12-13-14-15-16-17-22-26-27-24-20-18-23(25)19-21-24/h9-10,18-21,25H,2-8,11-17,22H2,1H3/b10-9+. The van der Waals surface area contributed by atoms with Gasteiger partial charge in [-0.25, -0.2) is 0 Å². The van der Waals surface area contributed by atoms with Crippen LogP contribution in [0.3, 0.4) is 0 Å². The minimum absolute atomic E-state index is 0.345. The predicted molar refractivity (Wildman–Crippen MR) is 126 cm³/mol. The Morgan fingerprint density at radius 1 is 0.704 bits per heavy atom. The molecule has 0 spiro atoms. The number of hydrogen-bond acceptors (Lipinski definition) is 3. The van der Waals surface area contributed by atoms with Gasteiger partial charge in [0.25, 0.3) is 0 Å². The van der Waals surface area contributed by atoms with Crippen LogP contribution in [0.4, 0.5) is 0 Å². The number of phenolic OH excluding ortho intramolecular Hbond substituents is 1. The first-order valence-electron chi connectivity index (χ1n) is 11.1. The quantitative estimate of drug-likeness (QED) is 0.148. The minimum Gasteiger partial charge on any atom is -0.508 e. The molecule has 1 nitrogen and oxygen atoms in total. The second kappa shape index (κ2) is 18.8. The number of benzene rings is 1. The Morgan fingerprint density at radius 2 is 1.22 bits per heavy atom. The lowest BCUT2D eigenvalue weighted by atomic mass is 10.1. The third-order valence-electron chi connectivity index (χ3n) is 4.73. The largest absolute Gasteiger partial charge is 0.508 e. The third-order valence-corrected chi connectivity index (χ3v) is 7.20. The SMILES string of the molecule is CCCCCCCC/C=C/CCCCCCCCSSc1ccc(O)cc1. The van der Waals surface area contributed by atoms with Crippen molar-refractivity contribution in [3.05, 3.63) is 36.4 Å². The third kappa shape index (κ3) is 16.1. The van der Waals surface area contributed by atoms with Gasteiger partial charge in [0.15, 0.2) is 0 Å². The fourth-order valence-electron chi connectivity index (χ4n) is 3.02. The van der Waals surface area contributed by atoms with E-state index in [-0.39, 0.29) is 0 Å². The molecule has 1 rings (SSSR count). The number of aromatic hydroxyl groups is 1. The van der Waals surface area contributed by atoms with Crippen LogP contribution in [0.25, 0.3) is 0 Å². The van der Waals surface area contributed by atoms with Gasteiger partial charge < -0.3 is 5.11 Å². The summed E-state index contributed by atoms with van der Waals surface area (Å²) in [7, 11) is 3.74. The summed E-state index contributed by atoms with van der Waals surface area (Å²) in [6, 6.07) is 7.48. The van der Waals surface area contributed by atoms with Crippen LogP contribution < -0.4 is 0 Å². The average molecular weight is 409 g/mol. The zero-order chi connectivity index (χ0) is 19.4. The summed E-state index contributed by atoms with van der Waals surface area (Å²) in [4.78, 5) is 1.22. The van der Waals surface area contributed by atoms with Gasteiger partial charge in [0, 0.05) is 10.6 Å². The molecule has 0 amide bonds. The van der Waals surface area contributed by atoms with Crippen molar-refractivity contribution in [1.82, 2.24) is 0 Å². The second-order valence-electron chi connectivity index (χ2n) is 7.34. The zero-order valence-electron chi connectivity index (χ0n) is 17.3. The van der Waals surface area contributed by atoms with Gasteiger partial charge in [-0.15, -0.1) is 0 Å². The van der Waals surface area contributed by atoms with Gasteiger partial charge in [-0.3, -0.25) is 0 Å². The summed E-state index contributed by atoms with van der Waals surface area (Å²) >= 11 is 0. The van der Waals surface area contributed by atoms with Gasteiger partial charge in [-0.05, 0) is 56.4 Å². The van der Waals surface area contributed by atoms with Crippen molar-refractivity contribution in [2.24, 2.45) is 0 Å². The number of hydrogen-bond donors (Lipinski definition) is 1. The van der Waals surface area contributed by atoms with E-state index in [1.807, 2.05) is 33.7 Å². The van der Waals surface area contributed by atoms with E-state index in [1.54, 1.807) is 12.1 Å². The normalized spacial score (nSPS) is 11.4. The Bertz CT molecular complexity index is 456. The smallest absolute Gasteiger partial charge is 0.115 e. The molecule has 0 aliphatic heterocycles. The van der Waals surface area contributed by atoms with Crippen molar-refractivity contribution in [3.8, 4) is 5.75 Å². The molecule has 0 atom stereocenters. The number of allylic oxidation sites excluding steroid dienone is 2. The molecule has 3 heteroatoms.